The molecule has 7 nitrogen and oxygen atoms in total. The molecule has 8 heteroatoms. The highest BCUT2D eigenvalue weighted by Crippen LogP contribution is 2.25. The Morgan fingerprint density at radius 1 is 1.15 bits per heavy atom. The molecule has 0 saturated carbocycles. The number of hydrogen-bond acceptors (Lipinski definition) is 6. The van der Waals surface area contributed by atoms with Crippen LogP contribution >= 0.6 is 8.58 Å². The van der Waals surface area contributed by atoms with Crippen molar-refractivity contribution >= 4 is 31.0 Å². The number of fused-ring (bicyclic) bond motifs is 1. The predicted molar refractivity (Wildman–Crippen MR) is 137 cm³/mol. The van der Waals surface area contributed by atoms with Crippen molar-refractivity contribution in [3.63, 3.8) is 0 Å². The van der Waals surface area contributed by atoms with Gasteiger partial charge in [0.1, 0.15) is 5.82 Å². The second-order valence-corrected chi connectivity index (χ2v) is 8.57. The normalized spacial score (nSPS) is 10.9. The standard InChI is InChI=1S/C25H26N7P/c1-17-7-4-5-10-21(17)22-14-24(32-25(31-22)23(33-3)16-29-32)28-12-11-27-18(2)30-20-9-6-8-19(13-20)15-26/h4-10,13-14,16,27-28,30,33H,2,11-12H2,1,3H3. The van der Waals surface area contributed by atoms with E-state index in [4.69, 9.17) is 10.2 Å². The summed E-state index contributed by atoms with van der Waals surface area (Å²) >= 11 is 0. The minimum absolute atomic E-state index is 0.604. The third kappa shape index (κ3) is 5.14. The molecule has 166 valence electrons. The van der Waals surface area contributed by atoms with Gasteiger partial charge in [-0.1, -0.05) is 45.5 Å². The first-order valence-electron chi connectivity index (χ1n) is 10.7. The van der Waals surface area contributed by atoms with E-state index in [1.807, 2.05) is 41.0 Å². The van der Waals surface area contributed by atoms with Crippen LogP contribution in [0.5, 0.6) is 0 Å². The number of benzene rings is 2. The average Bonchev–Trinajstić information content (AvgIpc) is 3.25. The van der Waals surface area contributed by atoms with Gasteiger partial charge in [0.05, 0.1) is 29.3 Å². The SMILES string of the molecule is C=C(NCCNc1cc(-c2ccccc2C)nc2c(PC)cnn12)Nc1cccc(C#N)c1. The third-order valence-electron chi connectivity index (χ3n) is 5.22. The van der Waals surface area contributed by atoms with Crippen LogP contribution in [0.4, 0.5) is 11.5 Å². The van der Waals surface area contributed by atoms with Crippen LogP contribution in [0.3, 0.4) is 0 Å². The first kappa shape index (κ1) is 22.3. The zero-order valence-corrected chi connectivity index (χ0v) is 19.7. The molecule has 2 heterocycles. The molecule has 33 heavy (non-hydrogen) atoms. The fraction of sp³-hybridized carbons (Fsp3) is 0.160. The second kappa shape index (κ2) is 10.2. The van der Waals surface area contributed by atoms with Crippen molar-refractivity contribution in [2.75, 3.05) is 30.4 Å². The summed E-state index contributed by atoms with van der Waals surface area (Å²) in [5.74, 6) is 1.56. The van der Waals surface area contributed by atoms with Crippen molar-refractivity contribution in [3.05, 3.63) is 84.3 Å². The summed E-state index contributed by atoms with van der Waals surface area (Å²) in [7, 11) is 0.614. The van der Waals surface area contributed by atoms with Crippen molar-refractivity contribution < 1.29 is 0 Å². The molecule has 2 aromatic heterocycles. The van der Waals surface area contributed by atoms with E-state index < -0.39 is 0 Å². The number of anilines is 2. The van der Waals surface area contributed by atoms with Crippen LogP contribution in [0.25, 0.3) is 16.9 Å². The maximum absolute atomic E-state index is 9.04. The van der Waals surface area contributed by atoms with Crippen molar-refractivity contribution in [2.45, 2.75) is 6.92 Å². The molecule has 0 fully saturated rings. The van der Waals surface area contributed by atoms with Gasteiger partial charge in [0.15, 0.2) is 5.65 Å². The molecule has 0 spiro atoms. The Morgan fingerprint density at radius 2 is 2.00 bits per heavy atom. The van der Waals surface area contributed by atoms with E-state index in [-0.39, 0.29) is 0 Å². The maximum atomic E-state index is 9.04. The first-order valence-corrected chi connectivity index (χ1v) is 12.2. The fourth-order valence-corrected chi connectivity index (χ4v) is 4.12. The van der Waals surface area contributed by atoms with Crippen molar-refractivity contribution in [3.8, 4) is 17.3 Å². The summed E-state index contributed by atoms with van der Waals surface area (Å²) in [6, 6.07) is 19.8. The number of aromatic nitrogens is 3. The Labute approximate surface area is 195 Å². The van der Waals surface area contributed by atoms with Crippen LogP contribution in [-0.2, 0) is 0 Å². The van der Waals surface area contributed by atoms with E-state index in [0.29, 0.717) is 33.1 Å². The number of nitriles is 1. The van der Waals surface area contributed by atoms with Crippen molar-refractivity contribution in [1.82, 2.24) is 19.9 Å². The molecule has 0 aliphatic rings. The van der Waals surface area contributed by atoms with E-state index in [9.17, 15) is 0 Å². The average molecular weight is 456 g/mol. The highest BCUT2D eigenvalue weighted by atomic mass is 31.1. The first-order chi connectivity index (χ1) is 16.1. The van der Waals surface area contributed by atoms with Crippen LogP contribution in [0, 0.1) is 18.3 Å². The molecule has 0 radical (unpaired) electrons. The quantitative estimate of drug-likeness (QED) is 0.260. The number of hydrogen-bond donors (Lipinski definition) is 3. The molecule has 1 unspecified atom stereocenters. The van der Waals surface area contributed by atoms with E-state index in [1.165, 1.54) is 5.56 Å². The summed E-state index contributed by atoms with van der Waals surface area (Å²) in [6.07, 6.45) is 1.90. The second-order valence-electron chi connectivity index (χ2n) is 7.53. The lowest BCUT2D eigenvalue weighted by molar-refractivity contribution is 0.815. The van der Waals surface area contributed by atoms with Gasteiger partial charge in [0, 0.05) is 35.7 Å². The minimum Gasteiger partial charge on any atom is -0.370 e. The van der Waals surface area contributed by atoms with Gasteiger partial charge in [-0.15, -0.1) is 0 Å². The van der Waals surface area contributed by atoms with Gasteiger partial charge < -0.3 is 16.0 Å². The lowest BCUT2D eigenvalue weighted by Crippen LogP contribution is -2.25. The summed E-state index contributed by atoms with van der Waals surface area (Å²) < 4.78 is 1.87. The van der Waals surface area contributed by atoms with E-state index in [1.54, 1.807) is 12.1 Å². The number of rotatable bonds is 9. The van der Waals surface area contributed by atoms with Gasteiger partial charge in [-0.25, -0.2) is 4.98 Å². The number of nitrogens with one attached hydrogen (secondary N) is 3. The van der Waals surface area contributed by atoms with Gasteiger partial charge in [-0.05, 0) is 37.4 Å². The number of aryl methyl sites for hydroxylation is 1. The van der Waals surface area contributed by atoms with E-state index in [0.717, 1.165) is 33.7 Å². The topological polar surface area (TPSA) is 90.1 Å². The lowest BCUT2D eigenvalue weighted by Gasteiger charge is -2.15. The summed E-state index contributed by atoms with van der Waals surface area (Å²) in [5, 5.41) is 24.7. The molecule has 2 aromatic carbocycles. The molecule has 3 N–H and O–H groups in total. The van der Waals surface area contributed by atoms with Gasteiger partial charge in [-0.3, -0.25) is 0 Å². The fourth-order valence-electron chi connectivity index (χ4n) is 3.55. The zero-order valence-electron chi connectivity index (χ0n) is 18.7. The summed E-state index contributed by atoms with van der Waals surface area (Å²) in [6.45, 7) is 9.57. The molecule has 1 atom stereocenters. The smallest absolute Gasteiger partial charge is 0.165 e. The number of nitrogens with zero attached hydrogens (tertiary/aromatic N) is 4. The summed E-state index contributed by atoms with van der Waals surface area (Å²) in [5.41, 5.74) is 5.54. The Kier molecular flexibility index (Phi) is 6.87. The third-order valence-corrected chi connectivity index (χ3v) is 6.11. The zero-order chi connectivity index (χ0) is 23.2. The molecule has 4 aromatic rings. The van der Waals surface area contributed by atoms with Gasteiger partial charge in [0.25, 0.3) is 0 Å². The van der Waals surface area contributed by atoms with Crippen LogP contribution in [0.15, 0.2) is 73.2 Å². The Balaban J connectivity index is 1.46. The molecule has 0 amide bonds. The highest BCUT2D eigenvalue weighted by molar-refractivity contribution is 7.46. The lowest BCUT2D eigenvalue weighted by atomic mass is 10.1. The van der Waals surface area contributed by atoms with Crippen LogP contribution in [0.2, 0.25) is 0 Å². The van der Waals surface area contributed by atoms with Crippen molar-refractivity contribution in [2.24, 2.45) is 0 Å². The predicted octanol–water partition coefficient (Wildman–Crippen LogP) is 4.09. The molecular formula is C25H26N7P. The highest BCUT2D eigenvalue weighted by Gasteiger charge is 2.13. The monoisotopic (exact) mass is 455 g/mol. The molecule has 0 bridgehead atoms. The molecule has 4 rings (SSSR count). The largest absolute Gasteiger partial charge is 0.370 e. The summed E-state index contributed by atoms with van der Waals surface area (Å²) in [4.78, 5) is 4.92. The van der Waals surface area contributed by atoms with Crippen LogP contribution in [-0.4, -0.2) is 34.4 Å². The van der Waals surface area contributed by atoms with E-state index >= 15 is 0 Å². The Hall–Kier alpha value is -3.88. The van der Waals surface area contributed by atoms with Crippen LogP contribution in [0.1, 0.15) is 11.1 Å². The molecule has 0 aliphatic carbocycles. The maximum Gasteiger partial charge on any atom is 0.165 e. The van der Waals surface area contributed by atoms with Gasteiger partial charge in [-0.2, -0.15) is 14.9 Å². The van der Waals surface area contributed by atoms with Crippen LogP contribution < -0.4 is 21.3 Å². The molecule has 0 saturated heterocycles. The van der Waals surface area contributed by atoms with Gasteiger partial charge in [0.2, 0.25) is 0 Å². The molecular weight excluding hydrogens is 429 g/mol. The molecule has 0 aliphatic heterocycles. The Bertz CT molecular complexity index is 1340. The van der Waals surface area contributed by atoms with Crippen molar-refractivity contribution in [1.29, 1.82) is 5.26 Å². The Morgan fingerprint density at radius 3 is 2.79 bits per heavy atom. The van der Waals surface area contributed by atoms with E-state index in [2.05, 4.69) is 59.4 Å². The minimum atomic E-state index is 0.604. The van der Waals surface area contributed by atoms with Gasteiger partial charge >= 0.3 is 0 Å².